The Morgan fingerprint density at radius 2 is 2.05 bits per heavy atom. The predicted molar refractivity (Wildman–Crippen MR) is 83.2 cm³/mol. The van der Waals surface area contributed by atoms with Crippen LogP contribution in [-0.4, -0.2) is 5.91 Å². The van der Waals surface area contributed by atoms with Gasteiger partial charge >= 0.3 is 0 Å². The van der Waals surface area contributed by atoms with Gasteiger partial charge in [-0.2, -0.15) is 0 Å². The maximum Gasteiger partial charge on any atom is 0.248 e. The molecule has 0 unspecified atom stereocenters. The Bertz CT molecular complexity index is 673. The molecule has 5 heteroatoms. The van der Waals surface area contributed by atoms with Gasteiger partial charge in [0.05, 0.1) is 5.69 Å². The lowest BCUT2D eigenvalue weighted by Crippen LogP contribution is -2.09. The normalized spacial score (nSPS) is 10.8. The highest BCUT2D eigenvalue weighted by Gasteiger charge is 2.04. The molecule has 0 aliphatic carbocycles. The molecule has 0 spiro atoms. The van der Waals surface area contributed by atoms with Crippen molar-refractivity contribution in [2.24, 2.45) is 0 Å². The molecule has 20 heavy (non-hydrogen) atoms. The minimum Gasteiger partial charge on any atom is -0.320 e. The molecule has 0 saturated carbocycles. The average Bonchev–Trinajstić information content (AvgIpc) is 2.40. The number of nitrogens with one attached hydrogen (secondary N) is 1. The van der Waals surface area contributed by atoms with Gasteiger partial charge in [0.25, 0.3) is 0 Å². The summed E-state index contributed by atoms with van der Waals surface area (Å²) in [7, 11) is 0. The fraction of sp³-hybridized carbons (Fsp3) is 0. The summed E-state index contributed by atoms with van der Waals surface area (Å²) in [6.07, 6.45) is 2.94. The average molecular weight is 355 g/mol. The summed E-state index contributed by atoms with van der Waals surface area (Å²) >= 11 is 8.99. The number of benzene rings is 2. The monoisotopic (exact) mass is 353 g/mol. The van der Waals surface area contributed by atoms with Crippen LogP contribution in [0.2, 0.25) is 5.02 Å². The standard InChI is InChI=1S/C15H10BrClFNO/c16-11-5-6-14(13(18)9-11)19-15(20)7-4-10-2-1-3-12(17)8-10/h1-9H,(H,19,20). The van der Waals surface area contributed by atoms with Gasteiger partial charge in [0, 0.05) is 15.6 Å². The van der Waals surface area contributed by atoms with Crippen molar-refractivity contribution in [3.63, 3.8) is 0 Å². The number of amides is 1. The first kappa shape index (κ1) is 14.8. The second kappa shape index (κ2) is 6.68. The summed E-state index contributed by atoms with van der Waals surface area (Å²) < 4.78 is 14.2. The Morgan fingerprint density at radius 1 is 1.25 bits per heavy atom. The molecule has 0 fully saturated rings. The zero-order chi connectivity index (χ0) is 14.5. The molecule has 2 aromatic carbocycles. The molecule has 0 saturated heterocycles. The summed E-state index contributed by atoms with van der Waals surface area (Å²) in [5.74, 6) is -0.907. The van der Waals surface area contributed by atoms with Crippen LogP contribution >= 0.6 is 27.5 Å². The highest BCUT2D eigenvalue weighted by atomic mass is 79.9. The highest BCUT2D eigenvalue weighted by molar-refractivity contribution is 9.10. The van der Waals surface area contributed by atoms with E-state index in [-0.39, 0.29) is 5.69 Å². The first-order valence-corrected chi connectivity index (χ1v) is 6.91. The van der Waals surface area contributed by atoms with E-state index in [1.165, 1.54) is 18.2 Å². The second-order valence-electron chi connectivity index (χ2n) is 4.00. The van der Waals surface area contributed by atoms with Gasteiger partial charge in [-0.25, -0.2) is 4.39 Å². The van der Waals surface area contributed by atoms with E-state index in [1.54, 1.807) is 30.3 Å². The second-order valence-corrected chi connectivity index (χ2v) is 5.35. The lowest BCUT2D eigenvalue weighted by molar-refractivity contribution is -0.111. The summed E-state index contributed by atoms with van der Waals surface area (Å²) in [5.41, 5.74) is 0.929. The fourth-order valence-electron chi connectivity index (χ4n) is 1.55. The lowest BCUT2D eigenvalue weighted by Gasteiger charge is -2.04. The molecule has 0 bridgehead atoms. The number of hydrogen-bond donors (Lipinski definition) is 1. The maximum absolute atomic E-state index is 13.5. The molecular formula is C15H10BrClFNO. The smallest absolute Gasteiger partial charge is 0.248 e. The zero-order valence-electron chi connectivity index (χ0n) is 10.2. The number of hydrogen-bond acceptors (Lipinski definition) is 1. The molecule has 0 aliphatic rings. The van der Waals surface area contributed by atoms with E-state index in [4.69, 9.17) is 11.6 Å². The molecule has 1 N–H and O–H groups in total. The Balaban J connectivity index is 2.05. The molecule has 0 aliphatic heterocycles. The van der Waals surface area contributed by atoms with E-state index in [9.17, 15) is 9.18 Å². The third-order valence-corrected chi connectivity index (χ3v) is 3.19. The van der Waals surface area contributed by atoms with Gasteiger partial charge in [0.1, 0.15) is 5.82 Å². The van der Waals surface area contributed by atoms with Crippen LogP contribution in [0, 0.1) is 5.82 Å². The topological polar surface area (TPSA) is 29.1 Å². The highest BCUT2D eigenvalue weighted by Crippen LogP contribution is 2.19. The first-order valence-electron chi connectivity index (χ1n) is 5.74. The summed E-state index contributed by atoms with van der Waals surface area (Å²) in [5, 5.41) is 3.06. The van der Waals surface area contributed by atoms with Crippen LogP contribution in [0.25, 0.3) is 6.08 Å². The van der Waals surface area contributed by atoms with Crippen molar-refractivity contribution >= 4 is 45.2 Å². The number of carbonyl (C=O) groups excluding carboxylic acids is 1. The molecule has 0 heterocycles. The third kappa shape index (κ3) is 4.18. The van der Waals surface area contributed by atoms with Crippen LogP contribution in [0.15, 0.2) is 53.0 Å². The summed E-state index contributed by atoms with van der Waals surface area (Å²) in [4.78, 5) is 11.7. The molecule has 0 atom stereocenters. The maximum atomic E-state index is 13.5. The summed E-state index contributed by atoms with van der Waals surface area (Å²) in [6, 6.07) is 11.5. The molecule has 2 rings (SSSR count). The SMILES string of the molecule is O=C(C=Cc1cccc(Cl)c1)Nc1ccc(Br)cc1F. The number of anilines is 1. The summed E-state index contributed by atoms with van der Waals surface area (Å²) in [6.45, 7) is 0. The van der Waals surface area contributed by atoms with Gasteiger partial charge in [0.2, 0.25) is 5.91 Å². The van der Waals surface area contributed by atoms with Crippen molar-refractivity contribution in [1.29, 1.82) is 0 Å². The van der Waals surface area contributed by atoms with E-state index in [0.29, 0.717) is 9.50 Å². The lowest BCUT2D eigenvalue weighted by atomic mass is 10.2. The Morgan fingerprint density at radius 3 is 2.75 bits per heavy atom. The fourth-order valence-corrected chi connectivity index (χ4v) is 2.08. The quantitative estimate of drug-likeness (QED) is 0.781. The number of halogens is 3. The van der Waals surface area contributed by atoms with E-state index in [0.717, 1.165) is 5.56 Å². The Kier molecular flexibility index (Phi) is 4.93. The molecule has 0 aromatic heterocycles. The van der Waals surface area contributed by atoms with Crippen molar-refractivity contribution < 1.29 is 9.18 Å². The van der Waals surface area contributed by atoms with E-state index >= 15 is 0 Å². The zero-order valence-corrected chi connectivity index (χ0v) is 12.6. The van der Waals surface area contributed by atoms with Gasteiger partial charge in [-0.3, -0.25) is 4.79 Å². The van der Waals surface area contributed by atoms with Gasteiger partial charge < -0.3 is 5.32 Å². The van der Waals surface area contributed by atoms with Crippen LogP contribution in [0.4, 0.5) is 10.1 Å². The Labute approximate surface area is 129 Å². The van der Waals surface area contributed by atoms with Gasteiger partial charge in [-0.1, -0.05) is 39.7 Å². The van der Waals surface area contributed by atoms with Crippen molar-refractivity contribution in [2.75, 3.05) is 5.32 Å². The minimum atomic E-state index is -0.496. The first-order chi connectivity index (χ1) is 9.54. The molecule has 2 aromatic rings. The number of rotatable bonds is 3. The van der Waals surface area contributed by atoms with Crippen LogP contribution in [0.5, 0.6) is 0 Å². The Hall–Kier alpha value is -1.65. The third-order valence-electron chi connectivity index (χ3n) is 2.46. The van der Waals surface area contributed by atoms with E-state index in [2.05, 4.69) is 21.2 Å². The molecular weight excluding hydrogens is 345 g/mol. The van der Waals surface area contributed by atoms with E-state index in [1.807, 2.05) is 6.07 Å². The largest absolute Gasteiger partial charge is 0.320 e. The van der Waals surface area contributed by atoms with Crippen molar-refractivity contribution in [1.82, 2.24) is 0 Å². The van der Waals surface area contributed by atoms with Crippen LogP contribution in [-0.2, 0) is 4.79 Å². The molecule has 0 radical (unpaired) electrons. The van der Waals surface area contributed by atoms with Crippen molar-refractivity contribution in [2.45, 2.75) is 0 Å². The minimum absolute atomic E-state index is 0.133. The van der Waals surface area contributed by atoms with Crippen molar-refractivity contribution in [3.8, 4) is 0 Å². The molecule has 1 amide bonds. The van der Waals surface area contributed by atoms with Gasteiger partial charge in [-0.05, 0) is 42.0 Å². The predicted octanol–water partition coefficient (Wildman–Crippen LogP) is 4.89. The van der Waals surface area contributed by atoms with Crippen LogP contribution in [0.1, 0.15) is 5.56 Å². The number of carbonyl (C=O) groups is 1. The van der Waals surface area contributed by atoms with Crippen molar-refractivity contribution in [3.05, 3.63) is 69.4 Å². The van der Waals surface area contributed by atoms with Gasteiger partial charge in [-0.15, -0.1) is 0 Å². The molecule has 102 valence electrons. The van der Waals surface area contributed by atoms with E-state index < -0.39 is 11.7 Å². The van der Waals surface area contributed by atoms with Gasteiger partial charge in [0.15, 0.2) is 0 Å². The molecule has 2 nitrogen and oxygen atoms in total. The van der Waals surface area contributed by atoms with Crippen LogP contribution < -0.4 is 5.32 Å². The van der Waals surface area contributed by atoms with Crippen LogP contribution in [0.3, 0.4) is 0 Å².